The van der Waals surface area contributed by atoms with Gasteiger partial charge in [-0.15, -0.1) is 0 Å². The van der Waals surface area contributed by atoms with Crippen LogP contribution in [0.3, 0.4) is 0 Å². The average molecular weight is 294 g/mol. The van der Waals surface area contributed by atoms with Crippen LogP contribution in [-0.4, -0.2) is 30.0 Å². The van der Waals surface area contributed by atoms with Gasteiger partial charge in [-0.2, -0.15) is 0 Å². The third-order valence-corrected chi connectivity index (χ3v) is 4.27. The van der Waals surface area contributed by atoms with Crippen molar-refractivity contribution in [3.63, 3.8) is 0 Å². The minimum absolute atomic E-state index is 0.0208. The van der Waals surface area contributed by atoms with Crippen molar-refractivity contribution >= 4 is 23.4 Å². The maximum atomic E-state index is 11.9. The first-order chi connectivity index (χ1) is 10.1. The number of amides is 2. The van der Waals surface area contributed by atoms with Gasteiger partial charge in [0.05, 0.1) is 18.5 Å². The molecule has 0 bridgehead atoms. The fraction of sp³-hybridized carbons (Fsp3) is 0.733. The van der Waals surface area contributed by atoms with Crippen molar-refractivity contribution in [2.24, 2.45) is 11.8 Å². The van der Waals surface area contributed by atoms with Crippen LogP contribution in [0, 0.1) is 11.8 Å². The van der Waals surface area contributed by atoms with Crippen LogP contribution in [0.25, 0.3) is 0 Å². The molecule has 2 saturated carbocycles. The smallest absolute Gasteiger partial charge is 0.231 e. The lowest BCUT2D eigenvalue weighted by molar-refractivity contribution is -0.135. The monoisotopic (exact) mass is 294 g/mol. The molecule has 2 N–H and O–H groups in total. The molecule has 0 saturated heterocycles. The van der Waals surface area contributed by atoms with E-state index >= 15 is 0 Å². The van der Waals surface area contributed by atoms with Crippen LogP contribution in [0.2, 0.25) is 0 Å². The molecule has 0 aromatic heterocycles. The Bertz CT molecular complexity index is 407. The second kappa shape index (κ2) is 7.33. The Hall–Kier alpha value is -1.72. The van der Waals surface area contributed by atoms with Crippen LogP contribution >= 0.6 is 0 Å². The zero-order valence-electron chi connectivity index (χ0n) is 12.2. The molecule has 2 aliphatic carbocycles. The number of ketones is 2. The Morgan fingerprint density at radius 1 is 0.810 bits per heavy atom. The van der Waals surface area contributed by atoms with Crippen molar-refractivity contribution in [1.29, 1.82) is 0 Å². The topological polar surface area (TPSA) is 92.3 Å². The second-order valence-corrected chi connectivity index (χ2v) is 5.79. The molecule has 0 aliphatic heterocycles. The summed E-state index contributed by atoms with van der Waals surface area (Å²) in [5.41, 5.74) is 0. The summed E-state index contributed by atoms with van der Waals surface area (Å²) in [6.07, 6.45) is 5.55. The van der Waals surface area contributed by atoms with Gasteiger partial charge in [0.15, 0.2) is 0 Å². The van der Waals surface area contributed by atoms with Crippen molar-refractivity contribution in [2.75, 3.05) is 6.67 Å². The van der Waals surface area contributed by atoms with Crippen LogP contribution in [0.4, 0.5) is 0 Å². The molecular weight excluding hydrogens is 272 g/mol. The maximum Gasteiger partial charge on any atom is 0.231 e. The van der Waals surface area contributed by atoms with Crippen molar-refractivity contribution in [1.82, 2.24) is 10.6 Å². The molecular formula is C15H22N2O4. The van der Waals surface area contributed by atoms with Crippen LogP contribution in [0.15, 0.2) is 0 Å². The summed E-state index contributed by atoms with van der Waals surface area (Å²) in [6, 6.07) is 0. The molecule has 2 fully saturated rings. The van der Waals surface area contributed by atoms with Crippen molar-refractivity contribution < 1.29 is 19.2 Å². The fourth-order valence-corrected chi connectivity index (χ4v) is 2.99. The largest absolute Gasteiger partial charge is 0.338 e. The average Bonchev–Trinajstić information content (AvgIpc) is 2.48. The number of carbonyl (C=O) groups is 4. The molecule has 116 valence electrons. The van der Waals surface area contributed by atoms with E-state index in [0.717, 1.165) is 25.7 Å². The van der Waals surface area contributed by atoms with E-state index in [1.54, 1.807) is 0 Å². The highest BCUT2D eigenvalue weighted by atomic mass is 16.2. The lowest BCUT2D eigenvalue weighted by Crippen LogP contribution is -2.45. The van der Waals surface area contributed by atoms with Gasteiger partial charge in [0.25, 0.3) is 0 Å². The molecule has 0 spiro atoms. The normalized spacial score (nSPS) is 26.3. The predicted octanol–water partition coefficient (Wildman–Crippen LogP) is 0.695. The van der Waals surface area contributed by atoms with Gasteiger partial charge in [-0.3, -0.25) is 19.2 Å². The van der Waals surface area contributed by atoms with Crippen molar-refractivity contribution in [3.8, 4) is 0 Å². The molecule has 0 aromatic carbocycles. The van der Waals surface area contributed by atoms with Crippen LogP contribution in [-0.2, 0) is 19.2 Å². The van der Waals surface area contributed by atoms with Gasteiger partial charge in [0.2, 0.25) is 11.8 Å². The molecule has 0 aromatic rings. The van der Waals surface area contributed by atoms with E-state index in [0.29, 0.717) is 25.7 Å². The van der Waals surface area contributed by atoms with Crippen LogP contribution in [0.5, 0.6) is 0 Å². The van der Waals surface area contributed by atoms with E-state index in [1.165, 1.54) is 0 Å². The predicted molar refractivity (Wildman–Crippen MR) is 75.1 cm³/mol. The molecule has 2 unspecified atom stereocenters. The number of nitrogens with one attached hydrogen (secondary N) is 2. The molecule has 0 radical (unpaired) electrons. The van der Waals surface area contributed by atoms with E-state index in [2.05, 4.69) is 10.6 Å². The van der Waals surface area contributed by atoms with Gasteiger partial charge in [0, 0.05) is 12.8 Å². The summed E-state index contributed by atoms with van der Waals surface area (Å²) in [6.45, 7) is -0.0226. The highest BCUT2D eigenvalue weighted by Gasteiger charge is 2.30. The van der Waals surface area contributed by atoms with Crippen molar-refractivity contribution in [2.45, 2.75) is 51.4 Å². The SMILES string of the molecule is O=C1CCCCC1C(=O)NCNC(=O)C1CCCCC1=O. The minimum Gasteiger partial charge on any atom is -0.338 e. The summed E-state index contributed by atoms with van der Waals surface area (Å²) in [7, 11) is 0. The number of hydrogen-bond donors (Lipinski definition) is 2. The Morgan fingerprint density at radius 3 is 1.62 bits per heavy atom. The molecule has 21 heavy (non-hydrogen) atoms. The third kappa shape index (κ3) is 4.12. The first-order valence-corrected chi connectivity index (χ1v) is 7.70. The maximum absolute atomic E-state index is 11.9. The van der Waals surface area contributed by atoms with E-state index in [-0.39, 0.29) is 30.0 Å². The third-order valence-electron chi connectivity index (χ3n) is 4.27. The fourth-order valence-electron chi connectivity index (χ4n) is 2.99. The number of rotatable bonds is 4. The zero-order chi connectivity index (χ0) is 15.2. The number of Topliss-reactive ketones (excluding diaryl/α,β-unsaturated/α-hetero) is 2. The molecule has 2 rings (SSSR count). The Balaban J connectivity index is 1.73. The van der Waals surface area contributed by atoms with E-state index in [4.69, 9.17) is 0 Å². The molecule has 6 nitrogen and oxygen atoms in total. The quantitative estimate of drug-likeness (QED) is 0.589. The molecule has 2 amide bonds. The summed E-state index contributed by atoms with van der Waals surface area (Å²) < 4.78 is 0. The highest BCUT2D eigenvalue weighted by molar-refractivity contribution is 6.03. The van der Waals surface area contributed by atoms with Crippen LogP contribution in [0.1, 0.15) is 51.4 Å². The van der Waals surface area contributed by atoms with Gasteiger partial charge >= 0.3 is 0 Å². The Morgan fingerprint density at radius 2 is 1.24 bits per heavy atom. The summed E-state index contributed by atoms with van der Waals surface area (Å²) in [5.74, 6) is -1.84. The van der Waals surface area contributed by atoms with Gasteiger partial charge in [0.1, 0.15) is 11.6 Å². The second-order valence-electron chi connectivity index (χ2n) is 5.79. The van der Waals surface area contributed by atoms with Crippen molar-refractivity contribution in [3.05, 3.63) is 0 Å². The Labute approximate surface area is 124 Å². The van der Waals surface area contributed by atoms with Gasteiger partial charge in [-0.25, -0.2) is 0 Å². The Kier molecular flexibility index (Phi) is 5.47. The molecule has 2 aliphatic rings. The highest BCUT2D eigenvalue weighted by Crippen LogP contribution is 2.21. The van der Waals surface area contributed by atoms with E-state index < -0.39 is 11.8 Å². The first kappa shape index (κ1) is 15.7. The lowest BCUT2D eigenvalue weighted by atomic mass is 9.87. The van der Waals surface area contributed by atoms with E-state index in [9.17, 15) is 19.2 Å². The van der Waals surface area contributed by atoms with E-state index in [1.807, 2.05) is 0 Å². The van der Waals surface area contributed by atoms with Crippen LogP contribution < -0.4 is 10.6 Å². The summed E-state index contributed by atoms with van der Waals surface area (Å²) in [4.78, 5) is 47.0. The number of hydrogen-bond acceptors (Lipinski definition) is 4. The standard InChI is InChI=1S/C15H22N2O4/c18-12-7-3-1-5-10(12)14(20)16-9-17-15(21)11-6-2-4-8-13(11)19/h10-11H,1-9H2,(H,16,20)(H,17,21). The van der Waals surface area contributed by atoms with Gasteiger partial charge in [-0.05, 0) is 25.7 Å². The number of carbonyl (C=O) groups excluding carboxylic acids is 4. The zero-order valence-corrected chi connectivity index (χ0v) is 12.2. The summed E-state index contributed by atoms with van der Waals surface area (Å²) >= 11 is 0. The lowest BCUT2D eigenvalue weighted by Gasteiger charge is -2.21. The summed E-state index contributed by atoms with van der Waals surface area (Å²) in [5, 5.41) is 5.13. The van der Waals surface area contributed by atoms with Gasteiger partial charge < -0.3 is 10.6 Å². The molecule has 2 atom stereocenters. The first-order valence-electron chi connectivity index (χ1n) is 7.70. The minimum atomic E-state index is -0.577. The molecule has 6 heteroatoms. The van der Waals surface area contributed by atoms with Gasteiger partial charge in [-0.1, -0.05) is 12.8 Å². The molecule has 0 heterocycles.